The van der Waals surface area contributed by atoms with Gasteiger partial charge in [0.2, 0.25) is 5.91 Å². The molecule has 232 valence electrons. The summed E-state index contributed by atoms with van der Waals surface area (Å²) in [5, 5.41) is 11.4. The van der Waals surface area contributed by atoms with Crippen molar-refractivity contribution in [1.29, 1.82) is 0 Å². The normalized spacial score (nSPS) is 25.5. The summed E-state index contributed by atoms with van der Waals surface area (Å²) in [5.74, 6) is 0.846. The predicted molar refractivity (Wildman–Crippen MR) is 160 cm³/mol. The number of hydrogen-bond donors (Lipinski definition) is 1. The van der Waals surface area contributed by atoms with Crippen molar-refractivity contribution < 1.29 is 22.8 Å². The minimum atomic E-state index is -4.62. The highest BCUT2D eigenvalue weighted by molar-refractivity contribution is 6.10. The zero-order valence-electron chi connectivity index (χ0n) is 25.2. The summed E-state index contributed by atoms with van der Waals surface area (Å²) in [6, 6.07) is 10.2. The number of amides is 2. The molecule has 44 heavy (non-hydrogen) atoms. The summed E-state index contributed by atoms with van der Waals surface area (Å²) in [6.45, 7) is 8.99. The highest BCUT2D eigenvalue weighted by Crippen LogP contribution is 2.52. The predicted octanol–water partition coefficient (Wildman–Crippen LogP) is 5.22. The average Bonchev–Trinajstić information content (AvgIpc) is 3.52. The highest BCUT2D eigenvalue weighted by atomic mass is 19.4. The molecule has 2 aliphatic heterocycles. The Bertz CT molecular complexity index is 1610. The number of benzene rings is 2. The molecule has 2 fully saturated rings. The van der Waals surface area contributed by atoms with E-state index >= 15 is 0 Å². The molecule has 0 unspecified atom stereocenters. The first-order valence-electron chi connectivity index (χ1n) is 15.0. The van der Waals surface area contributed by atoms with Gasteiger partial charge in [-0.2, -0.15) is 13.2 Å². The Kier molecular flexibility index (Phi) is 7.63. The molecule has 0 bridgehead atoms. The van der Waals surface area contributed by atoms with Crippen LogP contribution in [0.1, 0.15) is 71.5 Å². The monoisotopic (exact) mass is 606 g/mol. The molecule has 2 aromatic carbocycles. The fourth-order valence-electron chi connectivity index (χ4n) is 7.60. The van der Waals surface area contributed by atoms with Crippen molar-refractivity contribution in [3.8, 4) is 0 Å². The third-order valence-corrected chi connectivity index (χ3v) is 9.32. The van der Waals surface area contributed by atoms with Crippen LogP contribution in [-0.2, 0) is 36.5 Å². The van der Waals surface area contributed by atoms with E-state index in [0.29, 0.717) is 30.3 Å². The molecule has 8 nitrogen and oxygen atoms in total. The van der Waals surface area contributed by atoms with Crippen LogP contribution >= 0.6 is 0 Å². The number of aromatic nitrogens is 3. The zero-order chi connectivity index (χ0) is 31.4. The van der Waals surface area contributed by atoms with Crippen molar-refractivity contribution in [1.82, 2.24) is 25.0 Å². The summed E-state index contributed by atoms with van der Waals surface area (Å²) in [7, 11) is 1.91. The van der Waals surface area contributed by atoms with E-state index in [1.807, 2.05) is 34.7 Å². The molecule has 3 aliphatic rings. The van der Waals surface area contributed by atoms with Crippen LogP contribution in [-0.4, -0.2) is 50.6 Å². The van der Waals surface area contributed by atoms with Crippen molar-refractivity contribution in [2.45, 2.75) is 63.8 Å². The van der Waals surface area contributed by atoms with Crippen LogP contribution in [0.15, 0.2) is 55.4 Å². The van der Waals surface area contributed by atoms with Crippen LogP contribution in [0.25, 0.3) is 0 Å². The molecule has 3 heterocycles. The van der Waals surface area contributed by atoms with E-state index < -0.39 is 17.6 Å². The Balaban J connectivity index is 1.30. The lowest BCUT2D eigenvalue weighted by Gasteiger charge is -2.46. The van der Waals surface area contributed by atoms with Crippen LogP contribution in [0, 0.1) is 11.8 Å². The number of likely N-dealkylation sites (tertiary alicyclic amines) is 1. The van der Waals surface area contributed by atoms with E-state index in [1.54, 1.807) is 18.5 Å². The summed E-state index contributed by atoms with van der Waals surface area (Å²) < 4.78 is 45.3. The van der Waals surface area contributed by atoms with Gasteiger partial charge < -0.3 is 14.8 Å². The second kappa shape index (κ2) is 11.2. The Morgan fingerprint density at radius 2 is 1.93 bits per heavy atom. The molecule has 11 heteroatoms. The van der Waals surface area contributed by atoms with Crippen LogP contribution in [0.2, 0.25) is 0 Å². The number of anilines is 1. The van der Waals surface area contributed by atoms with Gasteiger partial charge in [-0.25, -0.2) is 0 Å². The maximum absolute atomic E-state index is 14.5. The number of nitrogens with zero attached hydrogens (tertiary/aromatic N) is 5. The fraction of sp³-hybridized carbons (Fsp3) is 0.455. The van der Waals surface area contributed by atoms with Gasteiger partial charge in [0.15, 0.2) is 0 Å². The Labute approximate surface area is 254 Å². The van der Waals surface area contributed by atoms with Crippen LogP contribution < -0.4 is 10.2 Å². The number of nitrogens with one attached hydrogen (secondary N) is 1. The van der Waals surface area contributed by atoms with E-state index in [0.717, 1.165) is 30.7 Å². The van der Waals surface area contributed by atoms with Crippen molar-refractivity contribution >= 4 is 17.5 Å². The van der Waals surface area contributed by atoms with E-state index in [2.05, 4.69) is 35.9 Å². The first-order valence-corrected chi connectivity index (χ1v) is 15.0. The van der Waals surface area contributed by atoms with Gasteiger partial charge in [-0.05, 0) is 78.1 Å². The molecule has 3 aromatic rings. The molecule has 2 atom stereocenters. The topological polar surface area (TPSA) is 83.4 Å². The van der Waals surface area contributed by atoms with E-state index in [9.17, 15) is 22.8 Å². The zero-order valence-corrected chi connectivity index (χ0v) is 25.2. The number of aryl methyl sites for hydroxylation is 1. The molecule has 1 saturated carbocycles. The molecule has 1 N–H and O–H groups in total. The minimum Gasteiger partial charge on any atom is -0.349 e. The second-order valence-corrected chi connectivity index (χ2v) is 12.9. The fourth-order valence-corrected chi connectivity index (χ4v) is 7.60. The number of rotatable bonds is 7. The summed E-state index contributed by atoms with van der Waals surface area (Å²) in [5.41, 5.74) is 0.902. The lowest BCUT2D eigenvalue weighted by atomic mass is 9.58. The average molecular weight is 607 g/mol. The van der Waals surface area contributed by atoms with Gasteiger partial charge in [-0.3, -0.25) is 14.5 Å². The minimum absolute atomic E-state index is 0.0000639. The molecule has 1 saturated heterocycles. The Hall–Kier alpha value is -3.99. The number of fused-ring (bicyclic) bond motifs is 1. The summed E-state index contributed by atoms with van der Waals surface area (Å²) in [6.07, 6.45) is 0.776. The maximum Gasteiger partial charge on any atom is 0.416 e. The van der Waals surface area contributed by atoms with E-state index in [1.165, 1.54) is 17.0 Å². The second-order valence-electron chi connectivity index (χ2n) is 12.9. The van der Waals surface area contributed by atoms with Gasteiger partial charge in [-0.1, -0.05) is 32.6 Å². The highest BCUT2D eigenvalue weighted by Gasteiger charge is 2.48. The lowest BCUT2D eigenvalue weighted by Crippen LogP contribution is -2.49. The largest absolute Gasteiger partial charge is 0.416 e. The standard InChI is InChI=1S/C33H37F3N6O2/c1-5-29(43)38-24-9-20(2)15-41(17-24)16-22-10-26-27(28(11-22)33(34,35)36)18-42(30(26)44)25-8-6-7-23(12-25)32(13-21(3)14-32)31-39-37-19-40(31)4/h5-8,10-12,19-21,24H,1,9,13-18H2,2-4H3,(H,38,43)/t20-,21?,24+,32?/m1/s1. The number of piperidine rings is 1. The molecular formula is C33H37F3N6O2. The van der Waals surface area contributed by atoms with Crippen molar-refractivity contribution in [3.63, 3.8) is 0 Å². The van der Waals surface area contributed by atoms with Crippen molar-refractivity contribution in [3.05, 3.63) is 89.0 Å². The SMILES string of the molecule is C=CC(=O)N[C@H]1C[C@@H](C)CN(Cc2cc3c(c(C(F)(F)F)c2)CN(c2cccc(C4(c5nncn5C)CC(C)C4)c2)C3=O)C1. The van der Waals surface area contributed by atoms with Gasteiger partial charge >= 0.3 is 6.18 Å². The van der Waals surface area contributed by atoms with Gasteiger partial charge in [0.1, 0.15) is 12.2 Å². The van der Waals surface area contributed by atoms with E-state index in [-0.39, 0.29) is 47.5 Å². The van der Waals surface area contributed by atoms with Crippen LogP contribution in [0.5, 0.6) is 0 Å². The quantitative estimate of drug-likeness (QED) is 0.373. The number of alkyl halides is 3. The first kappa shape index (κ1) is 30.1. The number of halogens is 3. The number of carbonyl (C=O) groups is 2. The Morgan fingerprint density at radius 1 is 1.16 bits per heavy atom. The molecule has 6 rings (SSSR count). The number of carbonyl (C=O) groups excluding carboxylic acids is 2. The molecule has 0 radical (unpaired) electrons. The van der Waals surface area contributed by atoms with Crippen LogP contribution in [0.4, 0.5) is 18.9 Å². The van der Waals surface area contributed by atoms with Crippen molar-refractivity contribution in [2.75, 3.05) is 18.0 Å². The smallest absolute Gasteiger partial charge is 0.349 e. The van der Waals surface area contributed by atoms with Crippen molar-refractivity contribution in [2.24, 2.45) is 18.9 Å². The summed E-state index contributed by atoms with van der Waals surface area (Å²) >= 11 is 0. The van der Waals surface area contributed by atoms with Gasteiger partial charge in [0.25, 0.3) is 5.91 Å². The number of hydrogen-bond acceptors (Lipinski definition) is 5. The maximum atomic E-state index is 14.5. The lowest BCUT2D eigenvalue weighted by molar-refractivity contribution is -0.138. The van der Waals surface area contributed by atoms with E-state index in [4.69, 9.17) is 0 Å². The molecule has 1 aliphatic carbocycles. The molecular weight excluding hydrogens is 569 g/mol. The summed E-state index contributed by atoms with van der Waals surface area (Å²) in [4.78, 5) is 29.2. The van der Waals surface area contributed by atoms with Gasteiger partial charge in [0.05, 0.1) is 17.5 Å². The molecule has 2 amide bonds. The third kappa shape index (κ3) is 5.42. The molecule has 1 aromatic heterocycles. The first-order chi connectivity index (χ1) is 20.9. The van der Waals surface area contributed by atoms with Gasteiger partial charge in [-0.15, -0.1) is 10.2 Å². The third-order valence-electron chi connectivity index (χ3n) is 9.32. The van der Waals surface area contributed by atoms with Gasteiger partial charge in [0, 0.05) is 44.0 Å². The van der Waals surface area contributed by atoms with Crippen LogP contribution in [0.3, 0.4) is 0 Å². The Morgan fingerprint density at radius 3 is 2.59 bits per heavy atom. The molecule has 0 spiro atoms.